The molecule has 0 atom stereocenters. The molecular weight excluding hydrogens is 554 g/mol. The Balaban J connectivity index is 1.23. The van der Waals surface area contributed by atoms with Crippen molar-refractivity contribution >= 4 is 15.2 Å². The first-order chi connectivity index (χ1) is 19.8. The molecule has 0 aliphatic carbocycles. The smallest absolute Gasteiger partial charge is 0.307 e. The first kappa shape index (κ1) is 28.3. The van der Waals surface area contributed by atoms with Crippen LogP contribution in [0.1, 0.15) is 44.7 Å². The maximum Gasteiger partial charge on any atom is 0.342 e. The van der Waals surface area contributed by atoms with Crippen LogP contribution in [0.3, 0.4) is 0 Å². The Morgan fingerprint density at radius 2 is 0.780 bits per heavy atom. The molecule has 0 saturated carbocycles. The molecule has 0 radical (unpaired) electrons. The fraction of sp³-hybridized carbons (Fsp3) is 0.273. The molecule has 4 aromatic carbocycles. The molecule has 2 aliphatic heterocycles. The molecule has 2 fully saturated rings. The van der Waals surface area contributed by atoms with Crippen molar-refractivity contribution in [1.29, 1.82) is 0 Å². The van der Waals surface area contributed by atoms with E-state index in [-0.39, 0.29) is 26.4 Å². The van der Waals surface area contributed by atoms with Crippen LogP contribution in [0.15, 0.2) is 109 Å². The number of benzene rings is 4. The van der Waals surface area contributed by atoms with Crippen molar-refractivity contribution < 1.29 is 27.2 Å². The molecule has 41 heavy (non-hydrogen) atoms. The van der Waals surface area contributed by atoms with E-state index in [1.165, 1.54) is 0 Å². The van der Waals surface area contributed by atoms with Gasteiger partial charge in [0.1, 0.15) is 11.3 Å². The molecule has 6 nitrogen and oxygen atoms in total. The zero-order valence-electron chi connectivity index (χ0n) is 23.2. The third-order valence-corrected chi connectivity index (χ3v) is 12.3. The molecule has 2 heterocycles. The van der Waals surface area contributed by atoms with E-state index in [1.807, 2.05) is 123 Å². The van der Waals surface area contributed by atoms with E-state index in [0.717, 1.165) is 33.4 Å². The topological polar surface area (TPSA) is 71.1 Å². The third-order valence-electron chi connectivity index (χ3n) is 7.85. The van der Waals surface area contributed by atoms with E-state index < -0.39 is 31.9 Å². The van der Waals surface area contributed by atoms with Gasteiger partial charge in [0.2, 0.25) is 0 Å². The molecule has 8 heteroatoms. The summed E-state index contributed by atoms with van der Waals surface area (Å²) >= 11 is 0. The quantitative estimate of drug-likeness (QED) is 0.210. The monoisotopic (exact) mass is 588 g/mol. The molecular formula is C33H34O6P2. The Morgan fingerprint density at radius 1 is 0.488 bits per heavy atom. The van der Waals surface area contributed by atoms with Gasteiger partial charge in [-0.15, -0.1) is 0 Å². The fourth-order valence-corrected chi connectivity index (χ4v) is 10.1. The highest BCUT2D eigenvalue weighted by Crippen LogP contribution is 2.70. The summed E-state index contributed by atoms with van der Waals surface area (Å²) in [4.78, 5) is 0. The van der Waals surface area contributed by atoms with Gasteiger partial charge >= 0.3 is 15.2 Å². The Labute approximate surface area is 241 Å². The van der Waals surface area contributed by atoms with Gasteiger partial charge in [0.25, 0.3) is 0 Å². The highest BCUT2D eigenvalue weighted by atomic mass is 31.2. The number of rotatable bonds is 6. The van der Waals surface area contributed by atoms with Crippen LogP contribution in [-0.2, 0) is 27.2 Å². The van der Waals surface area contributed by atoms with Crippen LogP contribution in [-0.4, -0.2) is 26.4 Å². The summed E-state index contributed by atoms with van der Waals surface area (Å²) < 4.78 is 53.2. The van der Waals surface area contributed by atoms with Crippen molar-refractivity contribution in [1.82, 2.24) is 0 Å². The van der Waals surface area contributed by atoms with Crippen LogP contribution >= 0.6 is 15.2 Å². The van der Waals surface area contributed by atoms with E-state index >= 15 is 0 Å². The van der Waals surface area contributed by atoms with Crippen LogP contribution in [0, 0.1) is 19.3 Å². The predicted octanol–water partition coefficient (Wildman–Crippen LogP) is 8.65. The SMILES string of the molecule is Cc1ccc(C(c2ccc(C)cc2)P2(=O)OCC3(COP(=O)(C(c4ccccc4)c4ccccc4)OC3)CO2)cc1. The molecule has 0 amide bonds. The van der Waals surface area contributed by atoms with Gasteiger partial charge in [0, 0.05) is 0 Å². The van der Waals surface area contributed by atoms with Gasteiger partial charge in [0.05, 0.1) is 31.8 Å². The maximum absolute atomic E-state index is 14.4. The van der Waals surface area contributed by atoms with E-state index in [1.54, 1.807) is 0 Å². The van der Waals surface area contributed by atoms with Gasteiger partial charge in [0.15, 0.2) is 0 Å². The summed E-state index contributed by atoms with van der Waals surface area (Å²) in [6, 6.07) is 35.2. The molecule has 0 aromatic heterocycles. The molecule has 0 bridgehead atoms. The molecule has 0 unspecified atom stereocenters. The summed E-state index contributed by atoms with van der Waals surface area (Å²) in [6.07, 6.45) is 0. The number of hydrogen-bond donors (Lipinski definition) is 0. The fourth-order valence-electron chi connectivity index (χ4n) is 5.41. The molecule has 4 aromatic rings. The molecule has 2 aliphatic rings. The van der Waals surface area contributed by atoms with Crippen molar-refractivity contribution in [3.63, 3.8) is 0 Å². The summed E-state index contributed by atoms with van der Waals surface area (Å²) in [7, 11) is -7.21. The lowest BCUT2D eigenvalue weighted by Crippen LogP contribution is -2.46. The minimum absolute atomic E-state index is 0.111. The van der Waals surface area contributed by atoms with Crippen LogP contribution in [0.2, 0.25) is 0 Å². The van der Waals surface area contributed by atoms with E-state index in [4.69, 9.17) is 18.1 Å². The number of aryl methyl sites for hydroxylation is 2. The summed E-state index contributed by atoms with van der Waals surface area (Å²) in [5, 5.41) is 0. The summed E-state index contributed by atoms with van der Waals surface area (Å²) in [5.41, 5.74) is 3.83. The minimum atomic E-state index is -3.62. The molecule has 6 rings (SSSR count). The average Bonchev–Trinajstić information content (AvgIpc) is 3.00. The Morgan fingerprint density at radius 3 is 1.10 bits per heavy atom. The van der Waals surface area contributed by atoms with Gasteiger partial charge < -0.3 is 18.1 Å². The normalized spacial score (nSPS) is 26.4. The summed E-state index contributed by atoms with van der Waals surface area (Å²) in [6.45, 7) is 4.48. The Kier molecular flexibility index (Phi) is 7.91. The van der Waals surface area contributed by atoms with Crippen LogP contribution in [0.5, 0.6) is 0 Å². The van der Waals surface area contributed by atoms with Crippen LogP contribution < -0.4 is 0 Å². The lowest BCUT2D eigenvalue weighted by molar-refractivity contribution is -0.0703. The first-order valence-corrected chi connectivity index (χ1v) is 17.0. The first-order valence-electron chi connectivity index (χ1n) is 13.8. The van der Waals surface area contributed by atoms with Gasteiger partial charge in [-0.25, -0.2) is 0 Å². The second-order valence-corrected chi connectivity index (χ2v) is 15.3. The molecule has 2 saturated heterocycles. The second kappa shape index (κ2) is 11.5. The second-order valence-electron chi connectivity index (χ2n) is 11.1. The zero-order chi connectivity index (χ0) is 28.5. The lowest BCUT2D eigenvalue weighted by Gasteiger charge is -2.45. The van der Waals surface area contributed by atoms with Crippen molar-refractivity contribution in [3.8, 4) is 0 Å². The predicted molar refractivity (Wildman–Crippen MR) is 160 cm³/mol. The zero-order valence-corrected chi connectivity index (χ0v) is 25.0. The average molecular weight is 589 g/mol. The minimum Gasteiger partial charge on any atom is -0.307 e. The van der Waals surface area contributed by atoms with Crippen molar-refractivity contribution in [2.75, 3.05) is 26.4 Å². The lowest BCUT2D eigenvalue weighted by atomic mass is 9.93. The van der Waals surface area contributed by atoms with E-state index in [0.29, 0.717) is 0 Å². The van der Waals surface area contributed by atoms with Crippen LogP contribution in [0.25, 0.3) is 0 Å². The Bertz CT molecular complexity index is 1460. The van der Waals surface area contributed by atoms with Crippen molar-refractivity contribution in [2.24, 2.45) is 5.41 Å². The van der Waals surface area contributed by atoms with Gasteiger partial charge in [-0.05, 0) is 36.1 Å². The van der Waals surface area contributed by atoms with Crippen molar-refractivity contribution in [3.05, 3.63) is 143 Å². The highest BCUT2D eigenvalue weighted by molar-refractivity contribution is 7.55. The summed E-state index contributed by atoms with van der Waals surface area (Å²) in [5.74, 6) is 0. The number of hydrogen-bond acceptors (Lipinski definition) is 6. The molecule has 0 N–H and O–H groups in total. The van der Waals surface area contributed by atoms with Gasteiger partial charge in [-0.1, -0.05) is 120 Å². The van der Waals surface area contributed by atoms with E-state index in [2.05, 4.69) is 0 Å². The largest absolute Gasteiger partial charge is 0.342 e. The third kappa shape index (κ3) is 5.79. The molecule has 212 valence electrons. The standard InChI is InChI=1S/C33H34O6P2/c1-25-13-17-29(18-14-25)32(30-19-15-26(2)16-20-30)41(35)38-23-33(24-39-41)21-36-40(34,37-22-33)31(27-9-5-3-6-10-27)28-11-7-4-8-12-28/h3-20,31-32H,21-24H2,1-2H3. The van der Waals surface area contributed by atoms with Crippen molar-refractivity contribution in [2.45, 2.75) is 25.2 Å². The van der Waals surface area contributed by atoms with Gasteiger partial charge in [-0.2, -0.15) is 0 Å². The highest BCUT2D eigenvalue weighted by Gasteiger charge is 2.53. The molecule has 1 spiro atoms. The van der Waals surface area contributed by atoms with E-state index in [9.17, 15) is 9.13 Å². The maximum atomic E-state index is 14.4. The van der Waals surface area contributed by atoms with Crippen LogP contribution in [0.4, 0.5) is 0 Å². The van der Waals surface area contributed by atoms with Gasteiger partial charge in [-0.3, -0.25) is 9.13 Å². The Hall–Kier alpha value is -2.82.